The molecule has 1 aromatic heterocycles. The van der Waals surface area contributed by atoms with E-state index in [1.165, 1.54) is 0 Å². The van der Waals surface area contributed by atoms with E-state index >= 15 is 0 Å². The molecule has 3 heterocycles. The summed E-state index contributed by atoms with van der Waals surface area (Å²) in [5, 5.41) is 14.2. The maximum absolute atomic E-state index is 12.9. The van der Waals surface area contributed by atoms with Gasteiger partial charge in [-0.05, 0) is 31.9 Å². The van der Waals surface area contributed by atoms with Gasteiger partial charge in [0.2, 0.25) is 0 Å². The van der Waals surface area contributed by atoms with Crippen molar-refractivity contribution in [1.29, 1.82) is 0 Å². The van der Waals surface area contributed by atoms with Gasteiger partial charge < -0.3 is 19.8 Å². The molecule has 1 aromatic rings. The Kier molecular flexibility index (Phi) is 12.6. The van der Waals surface area contributed by atoms with Crippen LogP contribution in [0, 0.1) is 11.3 Å². The topological polar surface area (TPSA) is 137 Å². The quantitative estimate of drug-likeness (QED) is 0.303. The predicted octanol–water partition coefficient (Wildman–Crippen LogP) is 3.25. The van der Waals surface area contributed by atoms with Crippen molar-refractivity contribution in [2.75, 3.05) is 39.3 Å². The maximum Gasteiger partial charge on any atom is 0.490 e. The zero-order chi connectivity index (χ0) is 30.7. The summed E-state index contributed by atoms with van der Waals surface area (Å²) in [5.74, 6) is -5.57. The molecule has 0 bridgehead atoms. The van der Waals surface area contributed by atoms with Crippen molar-refractivity contribution in [2.24, 2.45) is 11.3 Å². The molecule has 2 N–H and O–H groups in total. The summed E-state index contributed by atoms with van der Waals surface area (Å²) in [4.78, 5) is 51.7. The number of amides is 1. The lowest BCUT2D eigenvalue weighted by atomic mass is 9.75. The molecule has 2 saturated heterocycles. The van der Waals surface area contributed by atoms with Gasteiger partial charge in [0.05, 0.1) is 17.6 Å². The number of carbonyl (C=O) groups excluding carboxylic acids is 2. The highest BCUT2D eigenvalue weighted by atomic mass is 19.4. The molecule has 1 amide bonds. The van der Waals surface area contributed by atoms with E-state index in [0.29, 0.717) is 31.8 Å². The second-order valence-electron chi connectivity index (χ2n) is 8.76. The largest absolute Gasteiger partial charge is 0.490 e. The van der Waals surface area contributed by atoms with Crippen LogP contribution >= 0.6 is 0 Å². The van der Waals surface area contributed by atoms with Crippen molar-refractivity contribution in [2.45, 2.75) is 32.1 Å². The molecule has 16 heteroatoms. The van der Waals surface area contributed by atoms with Gasteiger partial charge in [0.1, 0.15) is 0 Å². The van der Waals surface area contributed by atoms with Crippen molar-refractivity contribution in [3.8, 4) is 0 Å². The third kappa shape index (κ3) is 9.81. The molecule has 0 radical (unpaired) electrons. The van der Waals surface area contributed by atoms with Crippen LogP contribution in [-0.4, -0.2) is 100 Å². The van der Waals surface area contributed by atoms with Crippen molar-refractivity contribution in [3.05, 3.63) is 42.7 Å². The average molecular weight is 585 g/mol. The molecule has 2 aliphatic rings. The number of carboxylic acids is 2. The van der Waals surface area contributed by atoms with Crippen LogP contribution in [-0.2, 0) is 19.1 Å². The number of fused-ring (bicyclic) bond motifs is 1. The van der Waals surface area contributed by atoms with Crippen LogP contribution in [0.5, 0.6) is 0 Å². The van der Waals surface area contributed by atoms with Gasteiger partial charge in [0.25, 0.3) is 5.91 Å². The number of aliphatic carboxylic acids is 2. The maximum atomic E-state index is 12.9. The minimum absolute atomic E-state index is 0.0140. The Morgan fingerprint density at radius 3 is 2.15 bits per heavy atom. The van der Waals surface area contributed by atoms with E-state index in [9.17, 15) is 35.9 Å². The highest BCUT2D eigenvalue weighted by Gasteiger charge is 2.54. The fourth-order valence-corrected chi connectivity index (χ4v) is 4.32. The minimum Gasteiger partial charge on any atom is -0.475 e. The second-order valence-corrected chi connectivity index (χ2v) is 8.76. The van der Waals surface area contributed by atoms with E-state index in [1.54, 1.807) is 24.5 Å². The van der Waals surface area contributed by atoms with Crippen LogP contribution in [0.25, 0.3) is 0 Å². The van der Waals surface area contributed by atoms with Gasteiger partial charge in [-0.15, -0.1) is 6.58 Å². The van der Waals surface area contributed by atoms with E-state index in [4.69, 9.17) is 24.5 Å². The fourth-order valence-electron chi connectivity index (χ4n) is 4.32. The molecule has 0 aliphatic carbocycles. The number of halogens is 6. The first-order chi connectivity index (χ1) is 18.5. The zero-order valence-corrected chi connectivity index (χ0v) is 21.4. The van der Waals surface area contributed by atoms with Gasteiger partial charge in [-0.25, -0.2) is 9.59 Å². The van der Waals surface area contributed by atoms with Gasteiger partial charge in [-0.1, -0.05) is 6.08 Å². The van der Waals surface area contributed by atoms with Gasteiger partial charge in [-0.3, -0.25) is 19.5 Å². The van der Waals surface area contributed by atoms with E-state index in [2.05, 4.69) is 16.5 Å². The van der Waals surface area contributed by atoms with Crippen LogP contribution in [0.4, 0.5) is 26.3 Å². The van der Waals surface area contributed by atoms with Crippen molar-refractivity contribution in [1.82, 2.24) is 14.8 Å². The van der Waals surface area contributed by atoms with Crippen LogP contribution < -0.4 is 0 Å². The Balaban J connectivity index is 0.000000473. The molecule has 0 unspecified atom stereocenters. The Morgan fingerprint density at radius 2 is 1.70 bits per heavy atom. The number of carbonyl (C=O) groups is 4. The van der Waals surface area contributed by atoms with Gasteiger partial charge in [0.15, 0.2) is 0 Å². The van der Waals surface area contributed by atoms with E-state index in [-0.39, 0.29) is 17.8 Å². The SMILES string of the molecule is C=CCN1C[C@@H]2CN(C(=O)c3cccnc3)CCC[C@]2(C(=O)OCC)C1.O=C(O)C(F)(F)F.O=C(O)C(F)(F)F. The van der Waals surface area contributed by atoms with Gasteiger partial charge >= 0.3 is 30.3 Å². The Bertz CT molecular complexity index is 1010. The first-order valence-corrected chi connectivity index (χ1v) is 11.8. The van der Waals surface area contributed by atoms with Crippen LogP contribution in [0.3, 0.4) is 0 Å². The monoisotopic (exact) mass is 585 g/mol. The standard InChI is InChI=1S/C20H27N3O3.2C2HF3O2/c1-3-10-22-13-17-14-23(18(24)16-7-5-9-21-12-16)11-6-8-20(17,15-22)19(25)26-4-2;2*3-2(4,5)1(6)7/h3,5,7,9,12,17H,1,4,6,8,10-11,13-15H2,2H3;2*(H,6,7)/t17-,20+;;/m1../s1. The van der Waals surface area contributed by atoms with Crippen molar-refractivity contribution >= 4 is 23.8 Å². The third-order valence-corrected chi connectivity index (χ3v) is 6.01. The van der Waals surface area contributed by atoms with E-state index in [0.717, 1.165) is 25.9 Å². The molecule has 3 rings (SSSR count). The summed E-state index contributed by atoms with van der Waals surface area (Å²) in [5.41, 5.74) is 0.0697. The Morgan fingerprint density at radius 1 is 1.12 bits per heavy atom. The van der Waals surface area contributed by atoms with Crippen molar-refractivity contribution in [3.63, 3.8) is 0 Å². The normalized spacial score (nSPS) is 20.9. The lowest BCUT2D eigenvalue weighted by Crippen LogP contribution is -2.43. The summed E-state index contributed by atoms with van der Waals surface area (Å²) in [6.07, 6.45) is -3.49. The average Bonchev–Trinajstić information content (AvgIpc) is 3.10. The van der Waals surface area contributed by atoms with Crippen molar-refractivity contribution < 1.29 is 60.5 Å². The predicted molar refractivity (Wildman–Crippen MR) is 126 cm³/mol. The number of esters is 1. The number of carboxylic acid groups (broad SMARTS) is 2. The molecule has 224 valence electrons. The van der Waals surface area contributed by atoms with Crippen LogP contribution in [0.2, 0.25) is 0 Å². The molecule has 2 aliphatic heterocycles. The Labute approximate surface area is 225 Å². The van der Waals surface area contributed by atoms with Gasteiger partial charge in [-0.2, -0.15) is 26.3 Å². The molecule has 2 fully saturated rings. The van der Waals surface area contributed by atoms with Gasteiger partial charge in [0, 0.05) is 51.0 Å². The van der Waals surface area contributed by atoms with E-state index < -0.39 is 29.7 Å². The number of likely N-dealkylation sites (tertiary alicyclic amines) is 2. The summed E-state index contributed by atoms with van der Waals surface area (Å²) in [7, 11) is 0. The minimum atomic E-state index is -5.08. The third-order valence-electron chi connectivity index (χ3n) is 6.01. The summed E-state index contributed by atoms with van der Waals surface area (Å²) in [6, 6.07) is 3.56. The fraction of sp³-hybridized carbons (Fsp3) is 0.542. The Hall–Kier alpha value is -3.69. The number of ether oxygens (including phenoxy) is 1. The first kappa shape index (κ1) is 34.3. The highest BCUT2D eigenvalue weighted by Crippen LogP contribution is 2.44. The number of hydrogen-bond donors (Lipinski definition) is 2. The molecular weight excluding hydrogens is 556 g/mol. The molecule has 40 heavy (non-hydrogen) atoms. The second kappa shape index (κ2) is 14.6. The lowest BCUT2D eigenvalue weighted by Gasteiger charge is -2.31. The number of alkyl halides is 6. The zero-order valence-electron chi connectivity index (χ0n) is 21.4. The number of aromatic nitrogens is 1. The molecule has 0 saturated carbocycles. The highest BCUT2D eigenvalue weighted by molar-refractivity contribution is 5.94. The molecule has 10 nitrogen and oxygen atoms in total. The molecule has 0 spiro atoms. The number of rotatable bonds is 5. The smallest absolute Gasteiger partial charge is 0.475 e. The first-order valence-electron chi connectivity index (χ1n) is 11.8. The number of hydrogen-bond acceptors (Lipinski definition) is 7. The molecule has 2 atom stereocenters. The summed E-state index contributed by atoms with van der Waals surface area (Å²) < 4.78 is 68.9. The number of pyridine rings is 1. The van der Waals surface area contributed by atoms with Crippen LogP contribution in [0.15, 0.2) is 37.2 Å². The van der Waals surface area contributed by atoms with Crippen LogP contribution in [0.1, 0.15) is 30.1 Å². The summed E-state index contributed by atoms with van der Waals surface area (Å²) in [6.45, 7) is 9.47. The van der Waals surface area contributed by atoms with E-state index in [1.807, 2.05) is 17.9 Å². The molecular formula is C24H29F6N3O7. The lowest BCUT2D eigenvalue weighted by molar-refractivity contribution is -0.193. The number of nitrogens with zero attached hydrogens (tertiary/aromatic N) is 3. The molecule has 0 aromatic carbocycles. The summed E-state index contributed by atoms with van der Waals surface area (Å²) >= 11 is 0.